The molecule has 0 saturated heterocycles. The summed E-state index contributed by atoms with van der Waals surface area (Å²) < 4.78 is 14.7. The van der Waals surface area contributed by atoms with Gasteiger partial charge in [0.2, 0.25) is 0 Å². The number of aryl methyl sites for hydroxylation is 6. The summed E-state index contributed by atoms with van der Waals surface area (Å²) in [6.07, 6.45) is 0. The number of aromatic nitrogens is 6. The largest absolute Gasteiger partial charge is 0.341 e. The van der Waals surface area contributed by atoms with E-state index < -0.39 is 0 Å². The normalized spacial score (nSPS) is 11.9. The smallest absolute Gasteiger partial charge is 0.0571 e. The fourth-order valence-corrected chi connectivity index (χ4v) is 23.4. The maximum atomic E-state index is 2.48. The molecule has 0 aliphatic heterocycles. The Morgan fingerprint density at radius 2 is 0.290 bits per heavy atom. The molecule has 0 unspecified atom stereocenters. The Hall–Kier alpha value is -16.8. The molecule has 0 bridgehead atoms. The van der Waals surface area contributed by atoms with Gasteiger partial charge in [-0.25, -0.2) is 0 Å². The van der Waals surface area contributed by atoms with Crippen LogP contribution in [0.5, 0.6) is 0 Å². The van der Waals surface area contributed by atoms with Crippen LogP contribution in [0.25, 0.3) is 260 Å². The lowest BCUT2D eigenvalue weighted by atomic mass is 10.0. The van der Waals surface area contributed by atoms with Crippen LogP contribution in [0.2, 0.25) is 0 Å². The van der Waals surface area contributed by atoms with Gasteiger partial charge < -0.3 is 27.4 Å². The van der Waals surface area contributed by atoms with Gasteiger partial charge in [0.05, 0.1) is 27.6 Å². The first-order valence-electron chi connectivity index (χ1n) is 49.1. The Kier molecular flexibility index (Phi) is 20.6. The molecule has 0 saturated carbocycles. The van der Waals surface area contributed by atoms with Crippen LogP contribution in [0.1, 0.15) is 41.5 Å². The van der Waals surface area contributed by atoms with Crippen molar-refractivity contribution in [3.8, 4) is 0 Å². The minimum absolute atomic E-state index is 0.974. The summed E-state index contributed by atoms with van der Waals surface area (Å²) in [6.45, 7) is 19.3. The van der Waals surface area contributed by atoms with Gasteiger partial charge in [-0.1, -0.05) is 364 Å². The highest BCUT2D eigenvalue weighted by molar-refractivity contribution is 6.29. The van der Waals surface area contributed by atoms with Gasteiger partial charge >= 0.3 is 0 Å². The van der Waals surface area contributed by atoms with Gasteiger partial charge in [0.25, 0.3) is 0 Å². The van der Waals surface area contributed by atoms with Gasteiger partial charge in [-0.05, 0) is 217 Å². The third kappa shape index (κ3) is 13.6. The van der Waals surface area contributed by atoms with Crippen LogP contribution in [-0.2, 0) is 39.3 Å². The molecule has 0 radical (unpaired) electrons. The van der Waals surface area contributed by atoms with E-state index in [4.69, 9.17) is 0 Å². The van der Waals surface area contributed by atoms with E-state index in [0.29, 0.717) is 0 Å². The first kappa shape index (κ1) is 83.1. The molecule has 0 atom stereocenters. The standard InChI is InChI=1S/6C22H17N/c1-2-23-21-13-17-9-5-3-7-15(17)11-19(21)20-12-16-8-4-6-10-18(16)14-22(20)23;1-2-23-20-14-12-15-7-3-5-9-17(15)21(20)19-13-11-16-8-4-6-10-18(16)22(19)23;1-2-23-21-17-9-5-3-7-15(17)11-13-19(21)20-14-12-16-8-4-6-10-18(16)22(20)23;1-2-23-20-12-11-15-7-5-6-10-18(15)22(20)19-13-16-8-3-4-9-17(16)14-21(19)23;2*1-2-23-21-14-17-9-4-3-8-16(17)13-20(21)19-12-11-15-7-5-6-10-18(15)22(19)23/h6*3-14H,2H2,1H3. The lowest BCUT2D eigenvalue weighted by Gasteiger charge is -2.08. The van der Waals surface area contributed by atoms with E-state index in [0.717, 1.165) is 39.3 Å². The zero-order valence-electron chi connectivity index (χ0n) is 78.5. The fourth-order valence-electron chi connectivity index (χ4n) is 23.4. The molecule has 0 amide bonds. The average Bonchev–Trinajstić information content (AvgIpc) is 1.57. The second-order valence-electron chi connectivity index (χ2n) is 36.8. The number of nitrogens with zero attached hydrogens (tertiary/aromatic N) is 6. The zero-order valence-corrected chi connectivity index (χ0v) is 78.5. The Morgan fingerprint density at radius 3 is 0.587 bits per heavy atom. The van der Waals surface area contributed by atoms with Crippen molar-refractivity contribution in [2.24, 2.45) is 0 Å². The third-order valence-corrected chi connectivity index (χ3v) is 29.6. The van der Waals surface area contributed by atoms with E-state index in [9.17, 15) is 0 Å². The van der Waals surface area contributed by atoms with Gasteiger partial charge in [0.15, 0.2) is 0 Å². The molecule has 6 nitrogen and oxygen atoms in total. The van der Waals surface area contributed by atoms with Gasteiger partial charge in [-0.15, -0.1) is 0 Å². The molecule has 138 heavy (non-hydrogen) atoms. The molecule has 30 aromatic rings. The maximum absolute atomic E-state index is 2.48. The molecule has 6 aromatic heterocycles. The summed E-state index contributed by atoms with van der Waals surface area (Å²) >= 11 is 0. The van der Waals surface area contributed by atoms with Crippen LogP contribution in [0.3, 0.4) is 0 Å². The second-order valence-corrected chi connectivity index (χ2v) is 36.8. The van der Waals surface area contributed by atoms with Crippen LogP contribution in [0.4, 0.5) is 0 Å². The number of rotatable bonds is 6. The molecule has 24 aromatic carbocycles. The van der Waals surface area contributed by atoms with Crippen molar-refractivity contribution in [1.29, 1.82) is 0 Å². The topological polar surface area (TPSA) is 29.6 Å². The summed E-state index contributed by atoms with van der Waals surface area (Å²) in [5, 5.41) is 47.9. The molecule has 0 aliphatic rings. The van der Waals surface area contributed by atoms with E-state index >= 15 is 0 Å². The van der Waals surface area contributed by atoms with Crippen molar-refractivity contribution >= 4 is 260 Å². The molecule has 30 rings (SSSR count). The Bertz CT molecular complexity index is 9530. The van der Waals surface area contributed by atoms with Crippen molar-refractivity contribution in [2.75, 3.05) is 0 Å². The van der Waals surface area contributed by atoms with Gasteiger partial charge in [0.1, 0.15) is 0 Å². The summed E-state index contributed by atoms with van der Waals surface area (Å²) in [4.78, 5) is 0. The van der Waals surface area contributed by atoms with Crippen molar-refractivity contribution in [3.05, 3.63) is 437 Å². The van der Waals surface area contributed by atoms with E-state index in [1.807, 2.05) is 0 Å². The molecule has 0 aliphatic carbocycles. The highest BCUT2D eigenvalue weighted by Crippen LogP contribution is 2.45. The van der Waals surface area contributed by atoms with Crippen molar-refractivity contribution in [1.82, 2.24) is 27.4 Å². The van der Waals surface area contributed by atoms with Gasteiger partial charge in [0, 0.05) is 169 Å². The number of fused-ring (bicyclic) bond motifs is 37. The summed E-state index contributed by atoms with van der Waals surface area (Å²) in [7, 11) is 0. The van der Waals surface area contributed by atoms with Crippen LogP contribution in [0.15, 0.2) is 437 Å². The Morgan fingerprint density at radius 1 is 0.116 bits per heavy atom. The second kappa shape index (κ2) is 34.3. The molecular formula is C132H102N6. The predicted molar refractivity (Wildman–Crippen MR) is 601 cm³/mol. The van der Waals surface area contributed by atoms with Crippen LogP contribution in [0, 0.1) is 0 Å². The minimum atomic E-state index is 0.974. The molecule has 6 heteroatoms. The fraction of sp³-hybridized carbons (Fsp3) is 0.0909. The molecular weight excluding hydrogens is 1670 g/mol. The van der Waals surface area contributed by atoms with Gasteiger partial charge in [-0.3, -0.25) is 0 Å². The predicted octanol–water partition coefficient (Wildman–Crippen LogP) is 36.7. The quantitative estimate of drug-likeness (QED) is 0.159. The monoisotopic (exact) mass is 1770 g/mol. The number of hydrogen-bond acceptors (Lipinski definition) is 0. The maximum Gasteiger partial charge on any atom is 0.0571 e. The van der Waals surface area contributed by atoms with E-state index in [-0.39, 0.29) is 0 Å². The molecule has 660 valence electrons. The molecule has 0 fully saturated rings. The number of benzene rings is 24. The van der Waals surface area contributed by atoms with Crippen molar-refractivity contribution in [3.63, 3.8) is 0 Å². The first-order valence-corrected chi connectivity index (χ1v) is 49.1. The minimum Gasteiger partial charge on any atom is -0.341 e. The molecule has 0 spiro atoms. The third-order valence-electron chi connectivity index (χ3n) is 29.6. The highest BCUT2D eigenvalue weighted by Gasteiger charge is 2.22. The molecule has 6 heterocycles. The SMILES string of the molecule is CCn1c2c3ccccc3ccc2c2ccc3ccccc3c21.CCn1c2cc3ccccc3cc2c2c3ccccc3ccc21.CCn1c2cc3ccccc3cc2c2cc3ccccc3cc21.CCn1c2cc3ccccc3cc2c2ccc3ccccc3c21.CCn1c2cc3ccccc3cc2c2ccc3ccccc3c21.CCn1c2ccc3ccccc3c2c2ccc3ccccc3c21. The van der Waals surface area contributed by atoms with E-state index in [1.165, 1.54) is 260 Å². The average molecular weight is 1770 g/mol. The van der Waals surface area contributed by atoms with Crippen LogP contribution < -0.4 is 0 Å². The van der Waals surface area contributed by atoms with E-state index in [2.05, 4.69) is 506 Å². The number of hydrogen-bond donors (Lipinski definition) is 0. The lowest BCUT2D eigenvalue weighted by molar-refractivity contribution is 0.828. The van der Waals surface area contributed by atoms with Crippen LogP contribution in [-0.4, -0.2) is 27.4 Å². The summed E-state index contributed by atoms with van der Waals surface area (Å²) in [6, 6.07) is 159. The Balaban J connectivity index is 0.0000000878. The summed E-state index contributed by atoms with van der Waals surface area (Å²) in [5.41, 5.74) is 16.1. The first-order chi connectivity index (χ1) is 68.2. The van der Waals surface area contributed by atoms with Crippen LogP contribution >= 0.6 is 0 Å². The van der Waals surface area contributed by atoms with Gasteiger partial charge in [-0.2, -0.15) is 0 Å². The molecule has 0 N–H and O–H groups in total. The highest BCUT2D eigenvalue weighted by atomic mass is 15.0. The zero-order chi connectivity index (χ0) is 92.3. The Labute approximate surface area is 799 Å². The van der Waals surface area contributed by atoms with E-state index in [1.54, 1.807) is 0 Å². The van der Waals surface area contributed by atoms with Crippen molar-refractivity contribution < 1.29 is 0 Å². The van der Waals surface area contributed by atoms with Crippen molar-refractivity contribution in [2.45, 2.75) is 80.8 Å². The summed E-state index contributed by atoms with van der Waals surface area (Å²) in [5.74, 6) is 0. The lowest BCUT2D eigenvalue weighted by Crippen LogP contribution is -1.94.